The molecule has 1 rings (SSSR count). The van der Waals surface area contributed by atoms with Crippen LogP contribution in [0, 0.1) is 0 Å². The first-order valence-corrected chi connectivity index (χ1v) is 8.89. The highest BCUT2D eigenvalue weighted by Gasteiger charge is 2.16. The van der Waals surface area contributed by atoms with Crippen LogP contribution in [-0.4, -0.2) is 31.9 Å². The number of benzene rings is 1. The quantitative estimate of drug-likeness (QED) is 0.808. The Bertz CT molecular complexity index is 584. The van der Waals surface area contributed by atoms with Crippen molar-refractivity contribution in [3.63, 3.8) is 0 Å². The normalized spacial score (nSPS) is 14.5. The number of hydrogen-bond acceptors (Lipinski definition) is 4. The summed E-state index contributed by atoms with van der Waals surface area (Å²) in [5, 5.41) is 6.01. The third-order valence-corrected chi connectivity index (χ3v) is 5.07. The molecule has 0 aliphatic rings. The summed E-state index contributed by atoms with van der Waals surface area (Å²) in [6.45, 7) is 6.96. The predicted octanol–water partition coefficient (Wildman–Crippen LogP) is 2.12. The zero-order chi connectivity index (χ0) is 16.0. The lowest BCUT2D eigenvalue weighted by Gasteiger charge is -2.20. The van der Waals surface area contributed by atoms with E-state index < -0.39 is 9.84 Å². The summed E-state index contributed by atoms with van der Waals surface area (Å²) in [5.74, 6) is 0.167. The lowest BCUT2D eigenvalue weighted by Crippen LogP contribution is -2.35. The molecule has 1 amide bonds. The van der Waals surface area contributed by atoms with Crippen molar-refractivity contribution in [1.82, 2.24) is 5.32 Å². The maximum atomic E-state index is 11.6. The van der Waals surface area contributed by atoms with Crippen molar-refractivity contribution < 1.29 is 13.2 Å². The van der Waals surface area contributed by atoms with E-state index in [1.807, 2.05) is 38.1 Å². The lowest BCUT2D eigenvalue weighted by molar-refractivity contribution is -0.114. The van der Waals surface area contributed by atoms with Crippen LogP contribution in [0.4, 0.5) is 5.69 Å². The van der Waals surface area contributed by atoms with Gasteiger partial charge in [0.25, 0.3) is 0 Å². The summed E-state index contributed by atoms with van der Waals surface area (Å²) in [6.07, 6.45) is 0. The molecule has 0 radical (unpaired) electrons. The fourth-order valence-corrected chi connectivity index (χ4v) is 3.25. The Kier molecular flexibility index (Phi) is 6.36. The SMILES string of the molecule is CCS(=O)(=O)CC(C)NC(C)c1cccc(NC(C)=O)c1. The number of carbonyl (C=O) groups is 1. The molecule has 2 N–H and O–H groups in total. The lowest BCUT2D eigenvalue weighted by atomic mass is 10.1. The molecule has 5 nitrogen and oxygen atoms in total. The Hall–Kier alpha value is -1.40. The van der Waals surface area contributed by atoms with Crippen LogP contribution < -0.4 is 10.6 Å². The molecule has 0 fully saturated rings. The molecule has 21 heavy (non-hydrogen) atoms. The van der Waals surface area contributed by atoms with Gasteiger partial charge in [0.2, 0.25) is 5.91 Å². The van der Waals surface area contributed by atoms with Crippen molar-refractivity contribution in [2.45, 2.75) is 39.8 Å². The number of rotatable bonds is 7. The highest BCUT2D eigenvalue weighted by Crippen LogP contribution is 2.18. The van der Waals surface area contributed by atoms with Crippen molar-refractivity contribution in [2.24, 2.45) is 0 Å². The third-order valence-electron chi connectivity index (χ3n) is 3.19. The van der Waals surface area contributed by atoms with E-state index in [2.05, 4.69) is 10.6 Å². The summed E-state index contributed by atoms with van der Waals surface area (Å²) in [7, 11) is -2.99. The van der Waals surface area contributed by atoms with Gasteiger partial charge in [-0.25, -0.2) is 8.42 Å². The minimum absolute atomic E-state index is 0.000708. The molecule has 0 saturated carbocycles. The summed E-state index contributed by atoms with van der Waals surface area (Å²) in [5.41, 5.74) is 1.74. The Labute approximate surface area is 127 Å². The van der Waals surface area contributed by atoms with Crippen LogP contribution in [0.25, 0.3) is 0 Å². The number of nitrogens with one attached hydrogen (secondary N) is 2. The first-order chi connectivity index (χ1) is 9.73. The van der Waals surface area contributed by atoms with Crippen LogP contribution in [0.15, 0.2) is 24.3 Å². The minimum Gasteiger partial charge on any atom is -0.326 e. The van der Waals surface area contributed by atoms with Gasteiger partial charge in [-0.15, -0.1) is 0 Å². The molecule has 118 valence electrons. The van der Waals surface area contributed by atoms with E-state index in [-0.39, 0.29) is 29.5 Å². The molecule has 1 aromatic rings. The van der Waals surface area contributed by atoms with E-state index in [0.29, 0.717) is 0 Å². The second-order valence-electron chi connectivity index (χ2n) is 5.29. The Morgan fingerprint density at radius 3 is 2.52 bits per heavy atom. The van der Waals surface area contributed by atoms with E-state index in [1.165, 1.54) is 6.92 Å². The van der Waals surface area contributed by atoms with Gasteiger partial charge >= 0.3 is 0 Å². The van der Waals surface area contributed by atoms with E-state index in [4.69, 9.17) is 0 Å². The van der Waals surface area contributed by atoms with Crippen LogP contribution in [-0.2, 0) is 14.6 Å². The second-order valence-corrected chi connectivity index (χ2v) is 7.69. The maximum Gasteiger partial charge on any atom is 0.221 e. The number of carbonyl (C=O) groups excluding carboxylic acids is 1. The molecule has 2 atom stereocenters. The van der Waals surface area contributed by atoms with Crippen LogP contribution in [0.3, 0.4) is 0 Å². The molecule has 0 aliphatic heterocycles. The number of amides is 1. The number of sulfone groups is 1. The molecule has 1 aromatic carbocycles. The van der Waals surface area contributed by atoms with E-state index >= 15 is 0 Å². The highest BCUT2D eigenvalue weighted by atomic mass is 32.2. The average Bonchev–Trinajstić information content (AvgIpc) is 2.37. The van der Waals surface area contributed by atoms with E-state index in [0.717, 1.165) is 11.3 Å². The predicted molar refractivity (Wildman–Crippen MR) is 86.1 cm³/mol. The average molecular weight is 312 g/mol. The summed E-state index contributed by atoms with van der Waals surface area (Å²) in [6, 6.07) is 7.40. The van der Waals surface area contributed by atoms with Gasteiger partial charge in [0, 0.05) is 30.4 Å². The van der Waals surface area contributed by atoms with Gasteiger partial charge in [-0.05, 0) is 31.5 Å². The molecule has 0 saturated heterocycles. The van der Waals surface area contributed by atoms with Crippen molar-refractivity contribution in [3.05, 3.63) is 29.8 Å². The van der Waals surface area contributed by atoms with Crippen molar-refractivity contribution in [3.8, 4) is 0 Å². The van der Waals surface area contributed by atoms with E-state index in [1.54, 1.807) is 6.92 Å². The summed E-state index contributed by atoms with van der Waals surface area (Å²) < 4.78 is 23.2. The zero-order valence-corrected chi connectivity index (χ0v) is 13.8. The first-order valence-electron chi connectivity index (χ1n) is 7.07. The Morgan fingerprint density at radius 2 is 1.95 bits per heavy atom. The summed E-state index contributed by atoms with van der Waals surface area (Å²) in [4.78, 5) is 11.1. The van der Waals surface area contributed by atoms with Crippen molar-refractivity contribution >= 4 is 21.4 Å². The largest absolute Gasteiger partial charge is 0.326 e. The second kappa shape index (κ2) is 7.56. The number of anilines is 1. The fraction of sp³-hybridized carbons (Fsp3) is 0.533. The topological polar surface area (TPSA) is 75.3 Å². The summed E-state index contributed by atoms with van der Waals surface area (Å²) >= 11 is 0. The molecule has 6 heteroatoms. The van der Waals surface area contributed by atoms with Gasteiger partial charge in [0.1, 0.15) is 0 Å². The van der Waals surface area contributed by atoms with Crippen molar-refractivity contribution in [2.75, 3.05) is 16.8 Å². The minimum atomic E-state index is -2.99. The number of hydrogen-bond donors (Lipinski definition) is 2. The van der Waals surface area contributed by atoms with Gasteiger partial charge in [0.15, 0.2) is 9.84 Å². The van der Waals surface area contributed by atoms with Crippen molar-refractivity contribution in [1.29, 1.82) is 0 Å². The van der Waals surface area contributed by atoms with Gasteiger partial charge in [-0.2, -0.15) is 0 Å². The molecule has 0 aliphatic carbocycles. The van der Waals surface area contributed by atoms with Gasteiger partial charge < -0.3 is 10.6 Å². The molecule has 2 unspecified atom stereocenters. The maximum absolute atomic E-state index is 11.6. The molecule has 0 heterocycles. The van der Waals surface area contributed by atoms with Gasteiger partial charge in [-0.1, -0.05) is 19.1 Å². The molecular weight excluding hydrogens is 288 g/mol. The van der Waals surface area contributed by atoms with E-state index in [9.17, 15) is 13.2 Å². The van der Waals surface area contributed by atoms with Gasteiger partial charge in [-0.3, -0.25) is 4.79 Å². The van der Waals surface area contributed by atoms with Crippen LogP contribution in [0.5, 0.6) is 0 Å². The molecule has 0 aromatic heterocycles. The smallest absolute Gasteiger partial charge is 0.221 e. The van der Waals surface area contributed by atoms with Crippen LogP contribution in [0.1, 0.15) is 39.3 Å². The first kappa shape index (κ1) is 17.7. The Balaban J connectivity index is 2.71. The Morgan fingerprint density at radius 1 is 1.29 bits per heavy atom. The highest BCUT2D eigenvalue weighted by molar-refractivity contribution is 7.91. The third kappa shape index (κ3) is 6.27. The van der Waals surface area contributed by atoms with Gasteiger partial charge in [0.05, 0.1) is 5.75 Å². The molecule has 0 bridgehead atoms. The molecular formula is C15H24N2O3S. The fourth-order valence-electron chi connectivity index (χ4n) is 2.16. The zero-order valence-electron chi connectivity index (χ0n) is 13.0. The molecule has 0 spiro atoms. The monoisotopic (exact) mass is 312 g/mol. The van der Waals surface area contributed by atoms with Crippen LogP contribution >= 0.6 is 0 Å². The van der Waals surface area contributed by atoms with Crippen LogP contribution in [0.2, 0.25) is 0 Å². The standard InChI is InChI=1S/C15H24N2O3S/c1-5-21(19,20)10-11(2)16-12(3)14-7-6-8-15(9-14)17-13(4)18/h6-9,11-12,16H,5,10H2,1-4H3,(H,17,18).